The summed E-state index contributed by atoms with van der Waals surface area (Å²) in [6, 6.07) is 3.68. The molecule has 0 bridgehead atoms. The highest BCUT2D eigenvalue weighted by atomic mass is 19.1. The standard InChI is InChI=1S/C16H18FN5O/c1-10-2-3-13(22-19-5-6-20-22)14(15(10)17)16(23)21-7-4-11-8-18-12(11)9-21/h2-3,5-6,11-12,18H,4,7-9H2,1H3. The number of rotatable bonds is 2. The number of nitrogens with zero attached hydrogens (tertiary/aromatic N) is 4. The molecule has 7 heteroatoms. The first kappa shape index (κ1) is 14.3. The fraction of sp³-hybridized carbons (Fsp3) is 0.438. The zero-order valence-corrected chi connectivity index (χ0v) is 12.9. The van der Waals surface area contributed by atoms with Crippen LogP contribution in [0.5, 0.6) is 0 Å². The van der Waals surface area contributed by atoms with E-state index in [9.17, 15) is 9.18 Å². The molecule has 2 unspecified atom stereocenters. The molecule has 0 saturated carbocycles. The van der Waals surface area contributed by atoms with Crippen molar-refractivity contribution in [2.75, 3.05) is 19.6 Å². The molecule has 6 nitrogen and oxygen atoms in total. The van der Waals surface area contributed by atoms with E-state index < -0.39 is 5.82 Å². The normalized spacial score (nSPS) is 23.3. The summed E-state index contributed by atoms with van der Waals surface area (Å²) in [4.78, 5) is 16.0. The van der Waals surface area contributed by atoms with E-state index >= 15 is 0 Å². The van der Waals surface area contributed by atoms with Crippen molar-refractivity contribution < 1.29 is 9.18 Å². The van der Waals surface area contributed by atoms with Crippen molar-refractivity contribution >= 4 is 5.91 Å². The van der Waals surface area contributed by atoms with Crippen LogP contribution in [-0.2, 0) is 0 Å². The third kappa shape index (κ3) is 2.31. The molecular formula is C16H18FN5O. The van der Waals surface area contributed by atoms with Gasteiger partial charge in [0.25, 0.3) is 5.91 Å². The number of hydrogen-bond donors (Lipinski definition) is 1. The lowest BCUT2D eigenvalue weighted by atomic mass is 9.84. The van der Waals surface area contributed by atoms with Crippen molar-refractivity contribution in [3.63, 3.8) is 0 Å². The number of carbonyl (C=O) groups excluding carboxylic acids is 1. The van der Waals surface area contributed by atoms with Crippen LogP contribution in [0.15, 0.2) is 24.5 Å². The summed E-state index contributed by atoms with van der Waals surface area (Å²) in [7, 11) is 0. The van der Waals surface area contributed by atoms with Gasteiger partial charge in [0.15, 0.2) is 0 Å². The molecule has 2 aromatic rings. The number of halogens is 1. The van der Waals surface area contributed by atoms with Crippen LogP contribution in [0.2, 0.25) is 0 Å². The number of nitrogens with one attached hydrogen (secondary N) is 1. The van der Waals surface area contributed by atoms with E-state index in [1.54, 1.807) is 24.0 Å². The molecule has 2 fully saturated rings. The Balaban J connectivity index is 1.72. The minimum atomic E-state index is -0.492. The Morgan fingerprint density at radius 1 is 1.35 bits per heavy atom. The van der Waals surface area contributed by atoms with Gasteiger partial charge in [0.2, 0.25) is 0 Å². The lowest BCUT2D eigenvalue weighted by Crippen LogP contribution is -2.62. The lowest BCUT2D eigenvalue weighted by molar-refractivity contribution is 0.0514. The molecule has 1 N–H and O–H groups in total. The Bertz CT molecular complexity index is 745. The predicted molar refractivity (Wildman–Crippen MR) is 81.9 cm³/mol. The molecule has 3 heterocycles. The van der Waals surface area contributed by atoms with Crippen molar-refractivity contribution in [1.29, 1.82) is 0 Å². The maximum absolute atomic E-state index is 14.7. The summed E-state index contributed by atoms with van der Waals surface area (Å²) in [5.41, 5.74) is 0.881. The first-order chi connectivity index (χ1) is 11.1. The summed E-state index contributed by atoms with van der Waals surface area (Å²) >= 11 is 0. The number of likely N-dealkylation sites (tertiary alicyclic amines) is 1. The van der Waals surface area contributed by atoms with Gasteiger partial charge in [0.1, 0.15) is 17.1 Å². The van der Waals surface area contributed by atoms with Gasteiger partial charge in [-0.15, -0.1) is 0 Å². The van der Waals surface area contributed by atoms with Crippen LogP contribution in [0.25, 0.3) is 5.69 Å². The first-order valence-electron chi connectivity index (χ1n) is 7.83. The molecule has 2 atom stereocenters. The van der Waals surface area contributed by atoms with E-state index in [-0.39, 0.29) is 11.5 Å². The third-order valence-electron chi connectivity index (χ3n) is 4.85. The van der Waals surface area contributed by atoms with Gasteiger partial charge in [-0.25, -0.2) is 4.39 Å². The Morgan fingerprint density at radius 2 is 2.13 bits per heavy atom. The van der Waals surface area contributed by atoms with E-state index in [0.717, 1.165) is 13.0 Å². The van der Waals surface area contributed by atoms with Crippen LogP contribution in [0.1, 0.15) is 22.3 Å². The summed E-state index contributed by atoms with van der Waals surface area (Å²) < 4.78 is 14.7. The quantitative estimate of drug-likeness (QED) is 0.903. The van der Waals surface area contributed by atoms with Gasteiger partial charge >= 0.3 is 0 Å². The highest BCUT2D eigenvalue weighted by molar-refractivity contribution is 5.98. The highest BCUT2D eigenvalue weighted by Gasteiger charge is 2.38. The van der Waals surface area contributed by atoms with E-state index in [1.807, 2.05) is 0 Å². The first-order valence-corrected chi connectivity index (χ1v) is 7.83. The Hall–Kier alpha value is -2.28. The van der Waals surface area contributed by atoms with Crippen molar-refractivity contribution in [1.82, 2.24) is 25.2 Å². The lowest BCUT2D eigenvalue weighted by Gasteiger charge is -2.46. The average molecular weight is 315 g/mol. The maximum Gasteiger partial charge on any atom is 0.259 e. The minimum Gasteiger partial charge on any atom is -0.337 e. The summed E-state index contributed by atoms with van der Waals surface area (Å²) in [6.07, 6.45) is 3.98. The van der Waals surface area contributed by atoms with Gasteiger partial charge in [0, 0.05) is 19.1 Å². The van der Waals surface area contributed by atoms with Crippen LogP contribution in [0.4, 0.5) is 4.39 Å². The van der Waals surface area contributed by atoms with E-state index in [2.05, 4.69) is 15.5 Å². The number of aromatic nitrogens is 3. The molecule has 4 rings (SSSR count). The fourth-order valence-corrected chi connectivity index (χ4v) is 3.34. The number of piperidine rings is 1. The van der Waals surface area contributed by atoms with Crippen molar-refractivity contribution in [2.24, 2.45) is 5.92 Å². The van der Waals surface area contributed by atoms with Gasteiger partial charge in [-0.2, -0.15) is 15.0 Å². The molecule has 2 saturated heterocycles. The van der Waals surface area contributed by atoms with Crippen LogP contribution in [0.3, 0.4) is 0 Å². The molecule has 23 heavy (non-hydrogen) atoms. The van der Waals surface area contributed by atoms with Crippen molar-refractivity contribution in [3.8, 4) is 5.69 Å². The molecule has 120 valence electrons. The number of fused-ring (bicyclic) bond motifs is 1. The van der Waals surface area contributed by atoms with Crippen molar-refractivity contribution in [2.45, 2.75) is 19.4 Å². The summed E-state index contributed by atoms with van der Waals surface area (Å²) in [5.74, 6) is -0.132. The Morgan fingerprint density at radius 3 is 2.78 bits per heavy atom. The predicted octanol–water partition coefficient (Wildman–Crippen LogP) is 1.15. The van der Waals surface area contributed by atoms with Gasteiger partial charge in [-0.05, 0) is 37.4 Å². The van der Waals surface area contributed by atoms with Crippen LogP contribution < -0.4 is 5.32 Å². The topological polar surface area (TPSA) is 63.1 Å². The zero-order valence-electron chi connectivity index (χ0n) is 12.9. The van der Waals surface area contributed by atoms with Crippen LogP contribution in [-0.4, -0.2) is 51.5 Å². The van der Waals surface area contributed by atoms with Gasteiger partial charge in [-0.1, -0.05) is 6.07 Å². The van der Waals surface area contributed by atoms with E-state index in [1.165, 1.54) is 17.2 Å². The highest BCUT2D eigenvalue weighted by Crippen LogP contribution is 2.27. The van der Waals surface area contributed by atoms with Crippen LogP contribution in [0, 0.1) is 18.7 Å². The molecule has 1 aromatic heterocycles. The molecular weight excluding hydrogens is 297 g/mol. The van der Waals surface area contributed by atoms with Crippen LogP contribution >= 0.6 is 0 Å². The molecule has 2 aliphatic rings. The van der Waals surface area contributed by atoms with E-state index in [4.69, 9.17) is 0 Å². The molecule has 1 aromatic carbocycles. The number of amides is 1. The fourth-order valence-electron chi connectivity index (χ4n) is 3.34. The van der Waals surface area contributed by atoms with Gasteiger partial charge in [0.05, 0.1) is 12.4 Å². The number of benzene rings is 1. The minimum absolute atomic E-state index is 0.0546. The van der Waals surface area contributed by atoms with Crippen molar-refractivity contribution in [3.05, 3.63) is 41.5 Å². The largest absolute Gasteiger partial charge is 0.337 e. The summed E-state index contributed by atoms with van der Waals surface area (Å²) in [6.45, 7) is 3.98. The SMILES string of the molecule is Cc1ccc(-n2nccn2)c(C(=O)N2CCC3CNC3C2)c1F. The van der Waals surface area contributed by atoms with E-state index in [0.29, 0.717) is 36.3 Å². The number of hydrogen-bond acceptors (Lipinski definition) is 4. The Kier molecular flexibility index (Phi) is 3.37. The smallest absolute Gasteiger partial charge is 0.259 e. The molecule has 0 aliphatic carbocycles. The molecule has 1 amide bonds. The van der Waals surface area contributed by atoms with Gasteiger partial charge < -0.3 is 10.2 Å². The van der Waals surface area contributed by atoms with Gasteiger partial charge in [-0.3, -0.25) is 4.79 Å². The second-order valence-corrected chi connectivity index (χ2v) is 6.22. The second-order valence-electron chi connectivity index (χ2n) is 6.22. The molecule has 2 aliphatic heterocycles. The zero-order chi connectivity index (χ0) is 16.0. The third-order valence-corrected chi connectivity index (χ3v) is 4.85. The Labute approximate surface area is 133 Å². The monoisotopic (exact) mass is 315 g/mol. The molecule has 0 radical (unpaired) electrons. The average Bonchev–Trinajstić information content (AvgIpc) is 3.04. The number of carbonyl (C=O) groups is 1. The maximum atomic E-state index is 14.7. The second kappa shape index (κ2) is 5.42. The molecule has 0 spiro atoms. The summed E-state index contributed by atoms with van der Waals surface area (Å²) in [5, 5.41) is 11.4. The number of aryl methyl sites for hydroxylation is 1.